The molecule has 124 valence electrons. The van der Waals surface area contributed by atoms with Gasteiger partial charge in [-0.25, -0.2) is 0 Å². The first-order valence-corrected chi connectivity index (χ1v) is 8.50. The van der Waals surface area contributed by atoms with E-state index in [-0.39, 0.29) is 12.1 Å². The van der Waals surface area contributed by atoms with Gasteiger partial charge in [0.05, 0.1) is 24.2 Å². The summed E-state index contributed by atoms with van der Waals surface area (Å²) in [4.78, 5) is 2.28. The Morgan fingerprint density at radius 1 is 1.35 bits per heavy atom. The number of ether oxygens (including phenoxy) is 2. The van der Waals surface area contributed by atoms with Crippen molar-refractivity contribution >= 4 is 0 Å². The molecule has 1 aromatic rings. The van der Waals surface area contributed by atoms with E-state index < -0.39 is 17.1 Å². The molecule has 2 N–H and O–H groups in total. The van der Waals surface area contributed by atoms with Gasteiger partial charge in [0.1, 0.15) is 6.10 Å². The van der Waals surface area contributed by atoms with Crippen LogP contribution in [0.3, 0.4) is 0 Å². The lowest BCUT2D eigenvalue weighted by molar-refractivity contribution is -0.204. The van der Waals surface area contributed by atoms with Crippen molar-refractivity contribution in [3.05, 3.63) is 23.3 Å². The van der Waals surface area contributed by atoms with Crippen LogP contribution in [0.4, 0.5) is 0 Å². The summed E-state index contributed by atoms with van der Waals surface area (Å²) in [5.41, 5.74) is 0.999. The molecule has 1 saturated heterocycles. The zero-order valence-corrected chi connectivity index (χ0v) is 13.6. The van der Waals surface area contributed by atoms with Gasteiger partial charge >= 0.3 is 0 Å². The second-order valence-corrected chi connectivity index (χ2v) is 7.62. The van der Waals surface area contributed by atoms with Gasteiger partial charge in [0.2, 0.25) is 0 Å². The minimum Gasteiger partial charge on any atom is -0.493 e. The highest BCUT2D eigenvalue weighted by Gasteiger charge is 2.72. The van der Waals surface area contributed by atoms with E-state index in [2.05, 4.69) is 18.0 Å². The Morgan fingerprint density at radius 3 is 2.96 bits per heavy atom. The molecule has 1 aromatic carbocycles. The number of likely N-dealkylation sites (N-methyl/N-ethyl adjacent to an activating group) is 1. The van der Waals surface area contributed by atoms with Crippen molar-refractivity contribution in [1.82, 2.24) is 4.90 Å². The Hall–Kier alpha value is -1.30. The molecule has 1 spiro atoms. The Morgan fingerprint density at radius 2 is 2.17 bits per heavy atom. The van der Waals surface area contributed by atoms with Gasteiger partial charge in [-0.3, -0.25) is 0 Å². The number of benzene rings is 1. The molecule has 2 heterocycles. The number of aliphatic hydroxyl groups excluding tert-OH is 1. The van der Waals surface area contributed by atoms with Crippen LogP contribution < -0.4 is 9.47 Å². The SMILES string of the molecule is COc1ccc2c3c1O[C@H]1[C@@H](O)CCC4(O)[C@@H](C2)N(C)CC[C@]314. The summed E-state index contributed by atoms with van der Waals surface area (Å²) in [6.45, 7) is 0.912. The molecule has 2 aliphatic carbocycles. The third-order valence-corrected chi connectivity index (χ3v) is 6.90. The second-order valence-electron chi connectivity index (χ2n) is 7.62. The normalized spacial score (nSPS) is 43.7. The van der Waals surface area contributed by atoms with E-state index in [0.717, 1.165) is 30.7 Å². The monoisotopic (exact) mass is 317 g/mol. The van der Waals surface area contributed by atoms with Crippen molar-refractivity contribution in [3.8, 4) is 11.5 Å². The predicted octanol–water partition coefficient (Wildman–Crippen LogP) is 0.840. The summed E-state index contributed by atoms with van der Waals surface area (Å²) in [5, 5.41) is 22.4. The minimum absolute atomic E-state index is 0.0849. The van der Waals surface area contributed by atoms with Crippen LogP contribution in [0.25, 0.3) is 0 Å². The molecule has 5 nitrogen and oxygen atoms in total. The number of rotatable bonds is 1. The Labute approximate surface area is 135 Å². The fourth-order valence-corrected chi connectivity index (χ4v) is 5.88. The van der Waals surface area contributed by atoms with Crippen molar-refractivity contribution in [2.75, 3.05) is 20.7 Å². The van der Waals surface area contributed by atoms with E-state index in [1.165, 1.54) is 5.56 Å². The van der Waals surface area contributed by atoms with Crippen molar-refractivity contribution in [3.63, 3.8) is 0 Å². The molecule has 1 unspecified atom stereocenters. The lowest BCUT2D eigenvalue weighted by Gasteiger charge is -2.63. The van der Waals surface area contributed by atoms with Crippen LogP contribution in [0.2, 0.25) is 0 Å². The van der Waals surface area contributed by atoms with Crippen molar-refractivity contribution in [2.24, 2.45) is 0 Å². The molecule has 4 aliphatic rings. The summed E-state index contributed by atoms with van der Waals surface area (Å²) in [5.74, 6) is 1.46. The minimum atomic E-state index is -0.839. The van der Waals surface area contributed by atoms with Crippen LogP contribution in [0.1, 0.15) is 30.4 Å². The van der Waals surface area contributed by atoms with E-state index in [9.17, 15) is 10.2 Å². The molecule has 23 heavy (non-hydrogen) atoms. The Kier molecular flexibility index (Phi) is 2.57. The smallest absolute Gasteiger partial charge is 0.166 e. The average molecular weight is 317 g/mol. The maximum atomic E-state index is 11.8. The summed E-state index contributed by atoms with van der Waals surface area (Å²) in [6.07, 6.45) is 1.93. The summed E-state index contributed by atoms with van der Waals surface area (Å²) in [7, 11) is 3.74. The molecule has 0 amide bonds. The van der Waals surface area contributed by atoms with Crippen molar-refractivity contribution in [2.45, 2.75) is 54.9 Å². The lowest BCUT2D eigenvalue weighted by atomic mass is 9.49. The van der Waals surface area contributed by atoms with Crippen molar-refractivity contribution in [1.29, 1.82) is 0 Å². The van der Waals surface area contributed by atoms with E-state index in [4.69, 9.17) is 9.47 Å². The van der Waals surface area contributed by atoms with Gasteiger partial charge in [-0.1, -0.05) is 6.07 Å². The first-order valence-electron chi connectivity index (χ1n) is 8.50. The van der Waals surface area contributed by atoms with E-state index in [0.29, 0.717) is 18.6 Å². The molecule has 0 aromatic heterocycles. The number of likely N-dealkylation sites (tertiary alicyclic amines) is 1. The molecule has 2 aliphatic heterocycles. The third kappa shape index (κ3) is 1.37. The van der Waals surface area contributed by atoms with Crippen LogP contribution in [-0.2, 0) is 11.8 Å². The molecule has 5 rings (SSSR count). The van der Waals surface area contributed by atoms with Gasteiger partial charge in [-0.15, -0.1) is 0 Å². The molecular weight excluding hydrogens is 294 g/mol. The van der Waals surface area contributed by atoms with Gasteiger partial charge in [-0.2, -0.15) is 0 Å². The molecule has 1 saturated carbocycles. The molecule has 2 bridgehead atoms. The van der Waals surface area contributed by atoms with Gasteiger partial charge in [0.25, 0.3) is 0 Å². The lowest BCUT2D eigenvalue weighted by Crippen LogP contribution is -2.76. The maximum absolute atomic E-state index is 11.8. The number of nitrogens with zero attached hydrogens (tertiary/aromatic N) is 1. The topological polar surface area (TPSA) is 62.2 Å². The van der Waals surface area contributed by atoms with Crippen molar-refractivity contribution < 1.29 is 19.7 Å². The average Bonchev–Trinajstić information content (AvgIpc) is 2.90. The highest BCUT2D eigenvalue weighted by Crippen LogP contribution is 2.65. The summed E-state index contributed by atoms with van der Waals surface area (Å²) in [6, 6.07) is 4.15. The van der Waals surface area contributed by atoms with E-state index >= 15 is 0 Å². The standard InChI is InChI=1S/C18H23NO4/c1-19-8-7-17-14-10-3-4-12(22-2)15(14)23-16(17)11(20)5-6-18(17,21)13(19)9-10/h3-4,11,13,16,20-21H,5-9H2,1-2H3/t11-,13+,16-,17-,18?/m0/s1. The largest absolute Gasteiger partial charge is 0.493 e. The molecule has 5 heteroatoms. The number of aliphatic hydroxyl groups is 2. The van der Waals surface area contributed by atoms with Crippen LogP contribution in [-0.4, -0.2) is 59.7 Å². The maximum Gasteiger partial charge on any atom is 0.166 e. The fourth-order valence-electron chi connectivity index (χ4n) is 5.88. The van der Waals surface area contributed by atoms with Gasteiger partial charge < -0.3 is 24.6 Å². The van der Waals surface area contributed by atoms with Gasteiger partial charge in [0, 0.05) is 11.6 Å². The van der Waals surface area contributed by atoms with E-state index in [1.54, 1.807) is 7.11 Å². The third-order valence-electron chi connectivity index (χ3n) is 6.90. The van der Waals surface area contributed by atoms with Crippen LogP contribution >= 0.6 is 0 Å². The molecule has 2 fully saturated rings. The summed E-state index contributed by atoms with van der Waals surface area (Å²) < 4.78 is 11.8. The van der Waals surface area contributed by atoms with Crippen LogP contribution in [0.15, 0.2) is 12.1 Å². The first kappa shape index (κ1) is 14.1. The highest BCUT2D eigenvalue weighted by atomic mass is 16.5. The molecule has 5 atom stereocenters. The number of methoxy groups -OCH3 is 1. The highest BCUT2D eigenvalue weighted by molar-refractivity contribution is 5.62. The number of hydrogen-bond acceptors (Lipinski definition) is 5. The van der Waals surface area contributed by atoms with Gasteiger partial charge in [-0.05, 0) is 50.9 Å². The molecule has 0 radical (unpaired) electrons. The quantitative estimate of drug-likeness (QED) is 0.804. The van der Waals surface area contributed by atoms with Crippen LogP contribution in [0, 0.1) is 0 Å². The Bertz CT molecular complexity index is 692. The second kappa shape index (κ2) is 4.21. The number of piperidine rings is 1. The Balaban J connectivity index is 1.84. The zero-order valence-electron chi connectivity index (χ0n) is 13.6. The van der Waals surface area contributed by atoms with E-state index in [1.807, 2.05) is 6.07 Å². The first-order chi connectivity index (χ1) is 11.0. The fraction of sp³-hybridized carbons (Fsp3) is 0.667. The molecular formula is C18H23NO4. The zero-order chi connectivity index (χ0) is 16.0. The summed E-state index contributed by atoms with van der Waals surface area (Å²) >= 11 is 0. The van der Waals surface area contributed by atoms with Crippen LogP contribution in [0.5, 0.6) is 11.5 Å². The number of hydrogen-bond donors (Lipinski definition) is 2. The predicted molar refractivity (Wildman–Crippen MR) is 84.0 cm³/mol. The van der Waals surface area contributed by atoms with Gasteiger partial charge in [0.15, 0.2) is 11.5 Å².